The van der Waals surface area contributed by atoms with Crippen LogP contribution in [-0.2, 0) is 22.4 Å². The fraction of sp³-hybridized carbons (Fsp3) is 0.250. The minimum Gasteiger partial charge on any atom is -0.0591 e. The Hall–Kier alpha value is -0.0397. The number of hydrogen-bond donors (Lipinski definition) is 0. The molecule has 0 aliphatic carbocycles. The number of rotatable bonds is 0. The van der Waals surface area contributed by atoms with Crippen molar-refractivity contribution in [2.24, 2.45) is 0 Å². The number of benzene rings is 1. The van der Waals surface area contributed by atoms with E-state index in [1.807, 2.05) is 0 Å². The zero-order valence-corrected chi connectivity index (χ0v) is 7.09. The zero-order chi connectivity index (χ0) is 5.98. The molecule has 0 atom stereocenters. The quantitative estimate of drug-likeness (QED) is 0.581. The summed E-state index contributed by atoms with van der Waals surface area (Å²) in [4.78, 5) is 0. The van der Waals surface area contributed by atoms with Gasteiger partial charge in [0.05, 0.1) is 0 Å². The second-order valence-electron chi connectivity index (χ2n) is 2.15. The van der Waals surface area contributed by atoms with Crippen molar-refractivity contribution >= 4 is 0 Å². The Bertz CT molecular complexity index is 143. The van der Waals surface area contributed by atoms with Crippen LogP contribution >= 0.6 is 0 Å². The van der Waals surface area contributed by atoms with E-state index < -0.39 is 0 Å². The first-order valence-electron chi connectivity index (χ1n) is 2.82. The summed E-state index contributed by atoms with van der Waals surface area (Å²) in [5, 5.41) is 0. The molecule has 0 heterocycles. The van der Waals surface area contributed by atoms with Crippen molar-refractivity contribution in [1.29, 1.82) is 0 Å². The van der Waals surface area contributed by atoms with E-state index in [-0.39, 0.29) is 22.4 Å². The summed E-state index contributed by atoms with van der Waals surface area (Å²) < 4.78 is 0. The summed E-state index contributed by atoms with van der Waals surface area (Å²) >= 11 is 0. The molecule has 1 aromatic carbocycles. The van der Waals surface area contributed by atoms with Crippen molar-refractivity contribution in [1.82, 2.24) is 0 Å². The average Bonchev–Trinajstić information content (AvgIpc) is 1.77. The van der Waals surface area contributed by atoms with Gasteiger partial charge in [-0.2, -0.15) is 0 Å². The third-order valence-electron chi connectivity index (χ3n) is 1.22. The van der Waals surface area contributed by atoms with E-state index in [4.69, 9.17) is 0 Å². The molecule has 0 saturated carbocycles. The number of aryl methyl sites for hydroxylation is 2. The summed E-state index contributed by atoms with van der Waals surface area (Å²) in [6.45, 7) is 4.19. The number of hydrogen-bond acceptors (Lipinski definition) is 0. The van der Waals surface area contributed by atoms with Crippen LogP contribution in [0.3, 0.4) is 0 Å². The first-order chi connectivity index (χ1) is 3.79. The molecule has 0 aliphatic rings. The molecule has 0 amide bonds. The Morgan fingerprint density at radius 1 is 0.778 bits per heavy atom. The molecule has 0 aromatic heterocycles. The fourth-order valence-corrected chi connectivity index (χ4v) is 0.637. The van der Waals surface area contributed by atoms with Crippen LogP contribution in [-0.4, -0.2) is 0 Å². The Labute approximate surface area is 71.8 Å². The van der Waals surface area contributed by atoms with Gasteiger partial charge in [-0.3, -0.25) is 0 Å². The minimum absolute atomic E-state index is 0. The van der Waals surface area contributed by atoms with Gasteiger partial charge in [-0.25, -0.2) is 0 Å². The first kappa shape index (κ1) is 8.96. The van der Waals surface area contributed by atoms with Crippen LogP contribution in [0, 0.1) is 13.8 Å². The standard InChI is InChI=1S/C8H10.Ag/c1-7-3-5-8(2)6-4-7;/h3-6H,1-2H3;. The molecule has 1 heteroatoms. The van der Waals surface area contributed by atoms with Crippen molar-refractivity contribution in [2.75, 3.05) is 0 Å². The predicted molar refractivity (Wildman–Crippen MR) is 35.9 cm³/mol. The van der Waals surface area contributed by atoms with Crippen molar-refractivity contribution in [2.45, 2.75) is 13.8 Å². The zero-order valence-electron chi connectivity index (χ0n) is 5.61. The molecule has 0 spiro atoms. The predicted octanol–water partition coefficient (Wildman–Crippen LogP) is 2.30. The van der Waals surface area contributed by atoms with Crippen LogP contribution in [0.1, 0.15) is 11.1 Å². The Kier molecular flexibility index (Phi) is 3.87. The first-order valence-corrected chi connectivity index (χ1v) is 2.82. The van der Waals surface area contributed by atoms with E-state index in [2.05, 4.69) is 38.1 Å². The smallest absolute Gasteiger partial charge is 0 e. The van der Waals surface area contributed by atoms with Gasteiger partial charge in [0.1, 0.15) is 0 Å². The van der Waals surface area contributed by atoms with Gasteiger partial charge in [-0.05, 0) is 13.8 Å². The third-order valence-corrected chi connectivity index (χ3v) is 1.22. The van der Waals surface area contributed by atoms with Crippen molar-refractivity contribution < 1.29 is 22.4 Å². The largest absolute Gasteiger partial charge is 0.0591 e. The van der Waals surface area contributed by atoms with Crippen LogP contribution in [0.4, 0.5) is 0 Å². The molecule has 9 heavy (non-hydrogen) atoms. The van der Waals surface area contributed by atoms with E-state index in [9.17, 15) is 0 Å². The van der Waals surface area contributed by atoms with Gasteiger partial charge >= 0.3 is 0 Å². The summed E-state index contributed by atoms with van der Waals surface area (Å²) in [5.41, 5.74) is 2.66. The van der Waals surface area contributed by atoms with Crippen LogP contribution < -0.4 is 0 Å². The molecule has 1 radical (unpaired) electrons. The molecule has 0 nitrogen and oxygen atoms in total. The van der Waals surface area contributed by atoms with Crippen LogP contribution in [0.15, 0.2) is 24.3 Å². The summed E-state index contributed by atoms with van der Waals surface area (Å²) in [5.74, 6) is 0. The molecule has 0 bridgehead atoms. The second kappa shape index (κ2) is 3.89. The topological polar surface area (TPSA) is 0 Å². The van der Waals surface area contributed by atoms with Crippen molar-refractivity contribution in [3.63, 3.8) is 0 Å². The molecule has 1 rings (SSSR count). The van der Waals surface area contributed by atoms with Crippen LogP contribution in [0.25, 0.3) is 0 Å². The van der Waals surface area contributed by atoms with Gasteiger partial charge in [0.2, 0.25) is 0 Å². The van der Waals surface area contributed by atoms with Gasteiger partial charge in [-0.15, -0.1) is 0 Å². The van der Waals surface area contributed by atoms with E-state index in [1.165, 1.54) is 11.1 Å². The van der Waals surface area contributed by atoms with Gasteiger partial charge < -0.3 is 0 Å². The Balaban J connectivity index is 0.000000640. The van der Waals surface area contributed by atoms with Gasteiger partial charge in [-0.1, -0.05) is 35.4 Å². The summed E-state index contributed by atoms with van der Waals surface area (Å²) in [7, 11) is 0. The van der Waals surface area contributed by atoms with E-state index in [0.717, 1.165) is 0 Å². The normalized spacial score (nSPS) is 8.22. The summed E-state index contributed by atoms with van der Waals surface area (Å²) in [6.07, 6.45) is 0. The van der Waals surface area contributed by atoms with Crippen molar-refractivity contribution in [3.8, 4) is 0 Å². The maximum Gasteiger partial charge on any atom is 0 e. The molecule has 0 unspecified atom stereocenters. The molecular formula is C8H10Ag. The third kappa shape index (κ3) is 2.85. The summed E-state index contributed by atoms with van der Waals surface area (Å²) in [6, 6.07) is 8.48. The minimum atomic E-state index is 0. The molecular weight excluding hydrogens is 204 g/mol. The van der Waals surface area contributed by atoms with Crippen LogP contribution in [0.2, 0.25) is 0 Å². The van der Waals surface area contributed by atoms with Crippen molar-refractivity contribution in [3.05, 3.63) is 35.4 Å². The van der Waals surface area contributed by atoms with Gasteiger partial charge in [0, 0.05) is 22.4 Å². The van der Waals surface area contributed by atoms with E-state index >= 15 is 0 Å². The Morgan fingerprint density at radius 3 is 1.22 bits per heavy atom. The molecule has 0 aliphatic heterocycles. The molecule has 0 fully saturated rings. The van der Waals surface area contributed by atoms with E-state index in [0.29, 0.717) is 0 Å². The SMILES string of the molecule is Cc1ccc(C)cc1.[Ag]. The van der Waals surface area contributed by atoms with Gasteiger partial charge in [0.15, 0.2) is 0 Å². The second-order valence-corrected chi connectivity index (χ2v) is 2.15. The molecule has 0 saturated heterocycles. The van der Waals surface area contributed by atoms with E-state index in [1.54, 1.807) is 0 Å². The average molecular weight is 214 g/mol. The maximum atomic E-state index is 2.12. The Morgan fingerprint density at radius 2 is 1.00 bits per heavy atom. The molecule has 53 valence electrons. The molecule has 1 aromatic rings. The van der Waals surface area contributed by atoms with Crippen LogP contribution in [0.5, 0.6) is 0 Å². The fourth-order valence-electron chi connectivity index (χ4n) is 0.637. The molecule has 0 N–H and O–H groups in total. The maximum absolute atomic E-state index is 2.12. The van der Waals surface area contributed by atoms with Gasteiger partial charge in [0.25, 0.3) is 0 Å². The monoisotopic (exact) mass is 213 g/mol.